The Morgan fingerprint density at radius 1 is 1.47 bits per heavy atom. The molecule has 2 aromatic rings. The van der Waals surface area contributed by atoms with Crippen LogP contribution in [0.25, 0.3) is 0 Å². The maximum atomic E-state index is 12.1. The Morgan fingerprint density at radius 2 is 2.21 bits per heavy atom. The number of amides is 1. The molecule has 0 saturated carbocycles. The van der Waals surface area contributed by atoms with Gasteiger partial charge in [0, 0.05) is 0 Å². The predicted octanol–water partition coefficient (Wildman–Crippen LogP) is 2.17. The first kappa shape index (κ1) is 13.7. The molecule has 2 rings (SSSR count). The number of hydrogen-bond acceptors (Lipinski definition) is 5. The third kappa shape index (κ3) is 2.83. The largest absolute Gasteiger partial charge is 0.343 e. The van der Waals surface area contributed by atoms with Crippen molar-refractivity contribution in [2.45, 2.75) is 32.7 Å². The standard InChI is InChI=1S/C11H14BrN5O2/c1-5(2)8-7(12)9(16-15-8)11(18)14-6(3)10-13-4-19-17-10/h4-6H,1-3H3,(H,14,18)(H,15,16). The number of carbonyl (C=O) groups is 1. The van der Waals surface area contributed by atoms with E-state index in [1.54, 1.807) is 6.92 Å². The second-order valence-electron chi connectivity index (χ2n) is 4.44. The number of nitrogens with zero attached hydrogens (tertiary/aromatic N) is 3. The summed E-state index contributed by atoms with van der Waals surface area (Å²) in [7, 11) is 0. The zero-order valence-corrected chi connectivity index (χ0v) is 12.4. The molecule has 2 N–H and O–H groups in total. The van der Waals surface area contributed by atoms with E-state index in [1.807, 2.05) is 13.8 Å². The molecule has 8 heteroatoms. The third-order valence-electron chi connectivity index (χ3n) is 2.64. The average Bonchev–Trinajstić information content (AvgIpc) is 2.96. The molecular formula is C11H14BrN5O2. The van der Waals surface area contributed by atoms with Crippen LogP contribution in [0.1, 0.15) is 54.7 Å². The summed E-state index contributed by atoms with van der Waals surface area (Å²) in [5, 5.41) is 13.3. The molecule has 102 valence electrons. The Labute approximate surface area is 118 Å². The van der Waals surface area contributed by atoms with Crippen molar-refractivity contribution in [3.05, 3.63) is 28.1 Å². The van der Waals surface area contributed by atoms with Crippen LogP contribution >= 0.6 is 15.9 Å². The quantitative estimate of drug-likeness (QED) is 0.896. The van der Waals surface area contributed by atoms with E-state index in [-0.39, 0.29) is 17.9 Å². The van der Waals surface area contributed by atoms with Gasteiger partial charge < -0.3 is 9.84 Å². The van der Waals surface area contributed by atoms with Crippen molar-refractivity contribution in [2.24, 2.45) is 0 Å². The number of carbonyl (C=O) groups excluding carboxylic acids is 1. The molecule has 7 nitrogen and oxygen atoms in total. The summed E-state index contributed by atoms with van der Waals surface area (Å²) in [4.78, 5) is 16.0. The zero-order valence-electron chi connectivity index (χ0n) is 10.8. The summed E-state index contributed by atoms with van der Waals surface area (Å²) in [6, 6.07) is -0.350. The topological polar surface area (TPSA) is 96.7 Å². The van der Waals surface area contributed by atoms with E-state index in [4.69, 9.17) is 0 Å². The smallest absolute Gasteiger partial charge is 0.273 e. The highest BCUT2D eigenvalue weighted by atomic mass is 79.9. The first-order valence-corrected chi connectivity index (χ1v) is 6.61. The van der Waals surface area contributed by atoms with Gasteiger partial charge in [-0.25, -0.2) is 0 Å². The van der Waals surface area contributed by atoms with Crippen LogP contribution in [0.15, 0.2) is 15.4 Å². The SMILES string of the molecule is CC(C)c1[nH]nc(C(=O)NC(C)c2ncon2)c1Br. The lowest BCUT2D eigenvalue weighted by Crippen LogP contribution is -2.28. The van der Waals surface area contributed by atoms with Crippen molar-refractivity contribution in [2.75, 3.05) is 0 Å². The molecule has 0 aliphatic carbocycles. The van der Waals surface area contributed by atoms with Crippen molar-refractivity contribution >= 4 is 21.8 Å². The van der Waals surface area contributed by atoms with E-state index in [0.29, 0.717) is 16.0 Å². The lowest BCUT2D eigenvalue weighted by molar-refractivity contribution is 0.0932. The number of aromatic amines is 1. The number of halogens is 1. The van der Waals surface area contributed by atoms with Gasteiger partial charge in [-0.05, 0) is 28.8 Å². The van der Waals surface area contributed by atoms with Crippen LogP contribution in [-0.4, -0.2) is 26.2 Å². The van der Waals surface area contributed by atoms with Crippen LogP contribution in [0.4, 0.5) is 0 Å². The van der Waals surface area contributed by atoms with Crippen molar-refractivity contribution in [3.8, 4) is 0 Å². The van der Waals surface area contributed by atoms with Gasteiger partial charge in [0.25, 0.3) is 5.91 Å². The maximum Gasteiger partial charge on any atom is 0.273 e. The predicted molar refractivity (Wildman–Crippen MR) is 70.6 cm³/mol. The number of nitrogens with one attached hydrogen (secondary N) is 2. The van der Waals surface area contributed by atoms with Gasteiger partial charge in [-0.15, -0.1) is 0 Å². The Bertz CT molecular complexity index is 564. The van der Waals surface area contributed by atoms with Gasteiger partial charge in [-0.3, -0.25) is 9.89 Å². The number of hydrogen-bond donors (Lipinski definition) is 2. The van der Waals surface area contributed by atoms with Gasteiger partial charge in [0.2, 0.25) is 6.39 Å². The number of aromatic nitrogens is 4. The minimum absolute atomic E-state index is 0.248. The molecule has 0 aliphatic rings. The Morgan fingerprint density at radius 3 is 2.74 bits per heavy atom. The van der Waals surface area contributed by atoms with Crippen LogP contribution < -0.4 is 5.32 Å². The van der Waals surface area contributed by atoms with E-state index in [0.717, 1.165) is 5.69 Å². The van der Waals surface area contributed by atoms with E-state index < -0.39 is 0 Å². The first-order valence-electron chi connectivity index (χ1n) is 5.81. The summed E-state index contributed by atoms with van der Waals surface area (Å²) in [6.07, 6.45) is 1.22. The van der Waals surface area contributed by atoms with Crippen LogP contribution in [0.2, 0.25) is 0 Å². The molecule has 1 atom stereocenters. The molecular weight excluding hydrogens is 314 g/mol. The molecule has 2 heterocycles. The molecule has 0 aromatic carbocycles. The van der Waals surface area contributed by atoms with Gasteiger partial charge >= 0.3 is 0 Å². The van der Waals surface area contributed by atoms with E-state index in [9.17, 15) is 4.79 Å². The lowest BCUT2D eigenvalue weighted by Gasteiger charge is -2.08. The van der Waals surface area contributed by atoms with E-state index in [1.165, 1.54) is 6.39 Å². The molecule has 19 heavy (non-hydrogen) atoms. The first-order chi connectivity index (χ1) is 9.00. The second-order valence-corrected chi connectivity index (χ2v) is 5.23. The molecule has 0 saturated heterocycles. The molecule has 0 fully saturated rings. The molecule has 0 bridgehead atoms. The van der Waals surface area contributed by atoms with Gasteiger partial charge in [0.1, 0.15) is 0 Å². The fraction of sp³-hybridized carbons (Fsp3) is 0.455. The molecule has 1 unspecified atom stereocenters. The Kier molecular flexibility index (Phi) is 3.98. The fourth-order valence-corrected chi connectivity index (χ4v) is 2.39. The Hall–Kier alpha value is -1.70. The van der Waals surface area contributed by atoms with Crippen LogP contribution in [0, 0.1) is 0 Å². The molecule has 0 spiro atoms. The normalized spacial score (nSPS) is 12.7. The highest BCUT2D eigenvalue weighted by Crippen LogP contribution is 2.25. The average molecular weight is 328 g/mol. The summed E-state index contributed by atoms with van der Waals surface area (Å²) in [5.41, 5.74) is 1.21. The highest BCUT2D eigenvalue weighted by Gasteiger charge is 2.22. The van der Waals surface area contributed by atoms with Crippen LogP contribution in [0.5, 0.6) is 0 Å². The summed E-state index contributed by atoms with van der Waals surface area (Å²) in [6.45, 7) is 5.80. The lowest BCUT2D eigenvalue weighted by atomic mass is 10.1. The summed E-state index contributed by atoms with van der Waals surface area (Å²) in [5.74, 6) is 0.370. The fourth-order valence-electron chi connectivity index (χ4n) is 1.57. The van der Waals surface area contributed by atoms with Crippen molar-refractivity contribution in [1.82, 2.24) is 25.7 Å². The zero-order chi connectivity index (χ0) is 14.0. The van der Waals surface area contributed by atoms with E-state index >= 15 is 0 Å². The maximum absolute atomic E-state index is 12.1. The summed E-state index contributed by atoms with van der Waals surface area (Å²) >= 11 is 3.39. The van der Waals surface area contributed by atoms with Gasteiger partial charge in [0.05, 0.1) is 16.2 Å². The van der Waals surface area contributed by atoms with E-state index in [2.05, 4.69) is 46.1 Å². The van der Waals surface area contributed by atoms with Crippen LogP contribution in [0.3, 0.4) is 0 Å². The number of rotatable bonds is 4. The molecule has 0 radical (unpaired) electrons. The van der Waals surface area contributed by atoms with Gasteiger partial charge in [-0.1, -0.05) is 19.0 Å². The number of H-pyrrole nitrogens is 1. The van der Waals surface area contributed by atoms with Crippen LogP contribution in [-0.2, 0) is 0 Å². The van der Waals surface area contributed by atoms with Crippen molar-refractivity contribution < 1.29 is 9.32 Å². The summed E-state index contributed by atoms with van der Waals surface area (Å²) < 4.78 is 5.32. The highest BCUT2D eigenvalue weighted by molar-refractivity contribution is 9.10. The minimum Gasteiger partial charge on any atom is -0.343 e. The third-order valence-corrected chi connectivity index (χ3v) is 3.44. The monoisotopic (exact) mass is 327 g/mol. The molecule has 0 aliphatic heterocycles. The van der Waals surface area contributed by atoms with Crippen molar-refractivity contribution in [3.63, 3.8) is 0 Å². The Balaban J connectivity index is 2.12. The molecule has 1 amide bonds. The molecule has 2 aromatic heterocycles. The van der Waals surface area contributed by atoms with Crippen molar-refractivity contribution in [1.29, 1.82) is 0 Å². The second kappa shape index (κ2) is 5.52. The van der Waals surface area contributed by atoms with Gasteiger partial charge in [0.15, 0.2) is 11.5 Å². The minimum atomic E-state index is -0.350. The van der Waals surface area contributed by atoms with Gasteiger partial charge in [-0.2, -0.15) is 10.1 Å².